The largest absolute Gasteiger partial charge is 0.494 e. The lowest BCUT2D eigenvalue weighted by Crippen LogP contribution is -2.28. The molecule has 1 unspecified atom stereocenters. The predicted octanol–water partition coefficient (Wildman–Crippen LogP) is 4.37. The number of rotatable bonds is 4. The van der Waals surface area contributed by atoms with Gasteiger partial charge in [-0.25, -0.2) is 4.98 Å². The maximum absolute atomic E-state index is 12.6. The van der Waals surface area contributed by atoms with Crippen LogP contribution >= 0.6 is 23.1 Å². The van der Waals surface area contributed by atoms with Crippen LogP contribution in [0.5, 0.6) is 5.75 Å². The van der Waals surface area contributed by atoms with Crippen molar-refractivity contribution in [2.45, 2.75) is 12.3 Å². The minimum atomic E-state index is -0.0920. The van der Waals surface area contributed by atoms with Crippen LogP contribution in [-0.4, -0.2) is 33.4 Å². The Morgan fingerprint density at radius 2 is 2.04 bits per heavy atom. The van der Waals surface area contributed by atoms with Crippen molar-refractivity contribution in [2.75, 3.05) is 17.3 Å². The van der Waals surface area contributed by atoms with Gasteiger partial charge in [-0.3, -0.25) is 9.69 Å². The van der Waals surface area contributed by atoms with Crippen molar-refractivity contribution in [3.05, 3.63) is 54.1 Å². The molecule has 3 aliphatic heterocycles. The van der Waals surface area contributed by atoms with Gasteiger partial charge in [0.15, 0.2) is 0 Å². The molecule has 0 radical (unpaired) electrons. The monoisotopic (exact) mass is 408 g/mol. The first-order valence-electron chi connectivity index (χ1n) is 8.93. The van der Waals surface area contributed by atoms with Gasteiger partial charge >= 0.3 is 0 Å². The average Bonchev–Trinajstić information content (AvgIpc) is 3.28. The van der Waals surface area contributed by atoms with E-state index in [-0.39, 0.29) is 11.3 Å². The second kappa shape index (κ2) is 7.03. The average molecular weight is 409 g/mol. The number of ether oxygens (including phenoxy) is 1. The molecule has 3 heterocycles. The third-order valence-corrected chi connectivity index (χ3v) is 6.69. The van der Waals surface area contributed by atoms with E-state index in [9.17, 15) is 4.79 Å². The molecule has 1 saturated heterocycles. The number of amides is 1. The minimum Gasteiger partial charge on any atom is -0.494 e. The summed E-state index contributed by atoms with van der Waals surface area (Å²) >= 11 is 3.00. The molecule has 0 bridgehead atoms. The Bertz CT molecular complexity index is 1130. The minimum absolute atomic E-state index is 0.0403. The molecule has 1 amide bonds. The first kappa shape index (κ1) is 17.4. The lowest BCUT2D eigenvalue weighted by molar-refractivity contribution is -0.115. The second-order valence-electron chi connectivity index (χ2n) is 6.30. The van der Waals surface area contributed by atoms with Crippen molar-refractivity contribution >= 4 is 45.0 Å². The van der Waals surface area contributed by atoms with Gasteiger partial charge in [0.25, 0.3) is 0 Å². The molecule has 8 heteroatoms. The normalized spacial score (nSPS) is 17.0. The van der Waals surface area contributed by atoms with Gasteiger partial charge < -0.3 is 4.74 Å². The van der Waals surface area contributed by atoms with Crippen molar-refractivity contribution in [3.8, 4) is 16.5 Å². The molecule has 140 valence electrons. The molecule has 5 rings (SSSR count). The number of nitrogens with zero attached hydrogens (tertiary/aromatic N) is 4. The highest BCUT2D eigenvalue weighted by molar-refractivity contribution is 8.00. The van der Waals surface area contributed by atoms with Gasteiger partial charge in [-0.05, 0) is 30.7 Å². The smallest absolute Gasteiger partial charge is 0.240 e. The third kappa shape index (κ3) is 2.89. The summed E-state index contributed by atoms with van der Waals surface area (Å²) in [6.07, 6.45) is 0. The lowest BCUT2D eigenvalue weighted by Gasteiger charge is -2.22. The maximum atomic E-state index is 12.6. The van der Waals surface area contributed by atoms with Crippen LogP contribution in [0.4, 0.5) is 5.13 Å². The zero-order valence-corrected chi connectivity index (χ0v) is 16.7. The van der Waals surface area contributed by atoms with Gasteiger partial charge in [0.1, 0.15) is 21.8 Å². The van der Waals surface area contributed by atoms with Crippen LogP contribution in [0.3, 0.4) is 0 Å². The van der Waals surface area contributed by atoms with Crippen LogP contribution in [0.15, 0.2) is 48.5 Å². The molecular formula is C20H16N4O2S2. The van der Waals surface area contributed by atoms with Crippen LogP contribution in [-0.2, 0) is 4.79 Å². The van der Waals surface area contributed by atoms with Crippen molar-refractivity contribution in [3.63, 3.8) is 0 Å². The Labute approximate surface area is 169 Å². The number of fused-ring (bicyclic) bond motifs is 3. The Morgan fingerprint density at radius 1 is 1.18 bits per heavy atom. The van der Waals surface area contributed by atoms with E-state index in [2.05, 4.69) is 15.2 Å². The highest BCUT2D eigenvalue weighted by Crippen LogP contribution is 2.44. The SMILES string of the molecule is CCOc1ccc2nc3sc(N4C(=O)CSC4c4ccccc4)nnc-3c2c1. The van der Waals surface area contributed by atoms with Crippen LogP contribution in [0.1, 0.15) is 17.9 Å². The maximum Gasteiger partial charge on any atom is 0.240 e. The van der Waals surface area contributed by atoms with E-state index in [0.29, 0.717) is 17.5 Å². The molecular weight excluding hydrogens is 392 g/mol. The number of carbonyl (C=O) groups is 1. The summed E-state index contributed by atoms with van der Waals surface area (Å²) in [6, 6.07) is 15.8. The summed E-state index contributed by atoms with van der Waals surface area (Å²) in [4.78, 5) is 19.0. The van der Waals surface area contributed by atoms with Gasteiger partial charge in [0.05, 0.1) is 17.9 Å². The third-order valence-electron chi connectivity index (χ3n) is 4.54. The molecule has 6 nitrogen and oxygen atoms in total. The van der Waals surface area contributed by atoms with Crippen molar-refractivity contribution in [1.82, 2.24) is 15.2 Å². The van der Waals surface area contributed by atoms with E-state index >= 15 is 0 Å². The highest BCUT2D eigenvalue weighted by Gasteiger charge is 2.36. The van der Waals surface area contributed by atoms with Crippen molar-refractivity contribution < 1.29 is 9.53 Å². The van der Waals surface area contributed by atoms with Crippen LogP contribution in [0, 0.1) is 0 Å². The van der Waals surface area contributed by atoms with E-state index in [1.807, 2.05) is 55.5 Å². The quantitative estimate of drug-likeness (QED) is 0.500. The summed E-state index contributed by atoms with van der Waals surface area (Å²) in [5.41, 5.74) is 2.66. The number of benzene rings is 2. The van der Waals surface area contributed by atoms with Crippen LogP contribution in [0.25, 0.3) is 21.6 Å². The fraction of sp³-hybridized carbons (Fsp3) is 0.200. The molecule has 0 aliphatic carbocycles. The second-order valence-corrected chi connectivity index (χ2v) is 8.32. The fourth-order valence-corrected chi connectivity index (χ4v) is 5.47. The molecule has 2 aromatic rings. The van der Waals surface area contributed by atoms with Crippen molar-refractivity contribution in [2.24, 2.45) is 0 Å². The Kier molecular flexibility index (Phi) is 4.37. The van der Waals surface area contributed by atoms with Gasteiger partial charge in [-0.1, -0.05) is 41.7 Å². The predicted molar refractivity (Wildman–Crippen MR) is 112 cm³/mol. The first-order chi connectivity index (χ1) is 13.7. The van der Waals surface area contributed by atoms with E-state index < -0.39 is 0 Å². The Balaban J connectivity index is 1.58. The first-order valence-corrected chi connectivity index (χ1v) is 10.8. The summed E-state index contributed by atoms with van der Waals surface area (Å²) in [6.45, 7) is 2.56. The number of aromatic nitrogens is 3. The number of anilines is 1. The highest BCUT2D eigenvalue weighted by atomic mass is 32.2. The molecule has 1 fully saturated rings. The zero-order valence-electron chi connectivity index (χ0n) is 15.0. The molecule has 0 saturated carbocycles. The Morgan fingerprint density at radius 3 is 2.86 bits per heavy atom. The molecule has 0 N–H and O–H groups in total. The molecule has 0 aromatic heterocycles. The molecule has 2 aromatic carbocycles. The van der Waals surface area contributed by atoms with E-state index in [1.54, 1.807) is 16.7 Å². The van der Waals surface area contributed by atoms with Gasteiger partial charge in [0, 0.05) is 5.39 Å². The number of carbonyl (C=O) groups excluding carboxylic acids is 1. The number of hydrogen-bond donors (Lipinski definition) is 0. The molecule has 0 spiro atoms. The number of hydrogen-bond acceptors (Lipinski definition) is 7. The van der Waals surface area contributed by atoms with Crippen LogP contribution < -0.4 is 9.64 Å². The van der Waals surface area contributed by atoms with E-state index in [4.69, 9.17) is 4.74 Å². The lowest BCUT2D eigenvalue weighted by atomic mass is 10.2. The summed E-state index contributed by atoms with van der Waals surface area (Å²) in [5, 5.41) is 11.0. The van der Waals surface area contributed by atoms with Crippen LogP contribution in [0.2, 0.25) is 0 Å². The van der Waals surface area contributed by atoms with Crippen molar-refractivity contribution in [1.29, 1.82) is 0 Å². The standard InChI is InChI=1S/C20H16N4O2S2/c1-2-26-13-8-9-15-14(10-13)17-18(21-15)28-20(23-22-17)24-16(25)11-27-19(24)12-6-4-3-5-7-12/h3-10,19H,2,11H2,1H3. The Hall–Kier alpha value is -2.71. The molecule has 28 heavy (non-hydrogen) atoms. The topological polar surface area (TPSA) is 68.2 Å². The summed E-state index contributed by atoms with van der Waals surface area (Å²) in [5.74, 6) is 1.26. The van der Waals surface area contributed by atoms with Gasteiger partial charge in [0.2, 0.25) is 11.0 Å². The fourth-order valence-electron chi connectivity index (χ4n) is 3.30. The molecule has 1 atom stereocenters. The number of thioether (sulfide) groups is 1. The molecule has 3 aliphatic rings. The van der Waals surface area contributed by atoms with E-state index in [1.165, 1.54) is 11.3 Å². The van der Waals surface area contributed by atoms with Gasteiger partial charge in [-0.15, -0.1) is 22.0 Å². The zero-order chi connectivity index (χ0) is 19.1. The summed E-state index contributed by atoms with van der Waals surface area (Å²) in [7, 11) is 0. The summed E-state index contributed by atoms with van der Waals surface area (Å²) < 4.78 is 5.59. The van der Waals surface area contributed by atoms with E-state index in [0.717, 1.165) is 32.9 Å². The van der Waals surface area contributed by atoms with Gasteiger partial charge in [-0.2, -0.15) is 0 Å².